The summed E-state index contributed by atoms with van der Waals surface area (Å²) in [7, 11) is 0. The molecule has 4 amide bonds. The predicted octanol–water partition coefficient (Wildman–Crippen LogP) is 2.62. The van der Waals surface area contributed by atoms with Crippen molar-refractivity contribution in [3.8, 4) is 5.75 Å². The summed E-state index contributed by atoms with van der Waals surface area (Å²) >= 11 is 5.90. The minimum Gasteiger partial charge on any atom is -0.492 e. The van der Waals surface area contributed by atoms with Gasteiger partial charge in [0, 0.05) is 5.02 Å². The van der Waals surface area contributed by atoms with Crippen LogP contribution in [0.15, 0.2) is 48.5 Å². The number of carbonyl (C=O) groups excluding carboxylic acids is 3. The highest BCUT2D eigenvalue weighted by Gasteiger charge is 2.54. The van der Waals surface area contributed by atoms with Gasteiger partial charge in [-0.2, -0.15) is 0 Å². The van der Waals surface area contributed by atoms with E-state index >= 15 is 0 Å². The van der Waals surface area contributed by atoms with Crippen LogP contribution in [0.5, 0.6) is 5.75 Å². The molecule has 156 valence electrons. The molecular weight excluding hydrogens is 406 g/mol. The molecule has 1 fully saturated rings. The zero-order valence-corrected chi connectivity index (χ0v) is 17.1. The molecule has 1 atom stereocenters. The van der Waals surface area contributed by atoms with Gasteiger partial charge in [-0.25, -0.2) is 4.79 Å². The number of rotatable bonds is 6. The number of amides is 4. The van der Waals surface area contributed by atoms with Gasteiger partial charge in [-0.05, 0) is 48.6 Å². The normalized spacial score (nSPS) is 20.1. The lowest BCUT2D eigenvalue weighted by Gasteiger charge is -2.33. The fourth-order valence-corrected chi connectivity index (χ4v) is 4.25. The molecule has 2 N–H and O–H groups in total. The molecule has 8 heteroatoms. The van der Waals surface area contributed by atoms with Crippen molar-refractivity contribution in [1.29, 1.82) is 0 Å². The number of hydrogen-bond donors (Lipinski definition) is 2. The van der Waals surface area contributed by atoms with Gasteiger partial charge >= 0.3 is 6.03 Å². The van der Waals surface area contributed by atoms with Gasteiger partial charge in [0.2, 0.25) is 5.91 Å². The molecule has 1 unspecified atom stereocenters. The van der Waals surface area contributed by atoms with Gasteiger partial charge in [-0.1, -0.05) is 41.9 Å². The van der Waals surface area contributed by atoms with Crippen molar-refractivity contribution >= 4 is 29.4 Å². The largest absolute Gasteiger partial charge is 0.492 e. The van der Waals surface area contributed by atoms with Gasteiger partial charge < -0.3 is 15.4 Å². The third-order valence-electron chi connectivity index (χ3n) is 5.44. The minimum absolute atomic E-state index is 0.239. The van der Waals surface area contributed by atoms with Crippen LogP contribution in [-0.4, -0.2) is 42.4 Å². The summed E-state index contributed by atoms with van der Waals surface area (Å²) in [6.45, 7) is 0.151. The third kappa shape index (κ3) is 3.85. The van der Waals surface area contributed by atoms with Crippen LogP contribution >= 0.6 is 11.6 Å². The molecule has 2 aliphatic rings. The molecule has 2 aromatic rings. The van der Waals surface area contributed by atoms with E-state index in [1.807, 2.05) is 24.3 Å². The van der Waals surface area contributed by atoms with Crippen LogP contribution < -0.4 is 15.4 Å². The van der Waals surface area contributed by atoms with Crippen molar-refractivity contribution in [2.45, 2.75) is 24.8 Å². The van der Waals surface area contributed by atoms with E-state index in [9.17, 15) is 14.4 Å². The molecular formula is C22H22ClN3O4. The van der Waals surface area contributed by atoms with E-state index in [2.05, 4.69) is 10.6 Å². The fourth-order valence-electron chi connectivity index (χ4n) is 4.07. The second kappa shape index (κ2) is 8.36. The van der Waals surface area contributed by atoms with Gasteiger partial charge in [-0.15, -0.1) is 0 Å². The van der Waals surface area contributed by atoms with E-state index in [0.29, 0.717) is 17.2 Å². The van der Waals surface area contributed by atoms with Crippen LogP contribution in [0.1, 0.15) is 24.0 Å². The Morgan fingerprint density at radius 2 is 2.03 bits per heavy atom. The Kier molecular flexibility index (Phi) is 5.63. The number of ether oxygens (including phenoxy) is 1. The highest BCUT2D eigenvalue weighted by molar-refractivity contribution is 6.30. The Hall–Kier alpha value is -3.06. The van der Waals surface area contributed by atoms with Crippen molar-refractivity contribution < 1.29 is 19.1 Å². The molecule has 1 aliphatic heterocycles. The minimum atomic E-state index is -1.07. The molecule has 1 aliphatic carbocycles. The second-order valence-electron chi connectivity index (χ2n) is 7.39. The number of hydrogen-bond acceptors (Lipinski definition) is 4. The van der Waals surface area contributed by atoms with Gasteiger partial charge in [-0.3, -0.25) is 14.5 Å². The van der Waals surface area contributed by atoms with Crippen molar-refractivity contribution in [2.75, 3.05) is 19.7 Å². The molecule has 0 bridgehead atoms. The molecule has 0 aromatic heterocycles. The van der Waals surface area contributed by atoms with E-state index in [1.54, 1.807) is 24.3 Å². The molecule has 30 heavy (non-hydrogen) atoms. The molecule has 0 radical (unpaired) electrons. The van der Waals surface area contributed by atoms with Gasteiger partial charge in [0.1, 0.15) is 24.4 Å². The average Bonchev–Trinajstić information content (AvgIpc) is 2.96. The van der Waals surface area contributed by atoms with Crippen LogP contribution in [0.3, 0.4) is 0 Å². The SMILES string of the molecule is O=C(CN1C(=O)NC2(CCCc3ccccc32)C1=O)NCCOc1cccc(Cl)c1. The van der Waals surface area contributed by atoms with E-state index < -0.39 is 17.5 Å². The Morgan fingerprint density at radius 3 is 2.87 bits per heavy atom. The first-order chi connectivity index (χ1) is 14.5. The highest BCUT2D eigenvalue weighted by atomic mass is 35.5. The Labute approximate surface area is 179 Å². The second-order valence-corrected chi connectivity index (χ2v) is 7.83. The van der Waals surface area contributed by atoms with Crippen molar-refractivity contribution in [3.05, 3.63) is 64.7 Å². The summed E-state index contributed by atoms with van der Waals surface area (Å²) in [5.74, 6) is -0.192. The van der Waals surface area contributed by atoms with Crippen LogP contribution in [-0.2, 0) is 21.5 Å². The van der Waals surface area contributed by atoms with Crippen LogP contribution in [0.2, 0.25) is 5.02 Å². The summed E-state index contributed by atoms with van der Waals surface area (Å²) in [6, 6.07) is 14.1. The zero-order valence-electron chi connectivity index (χ0n) is 16.3. The maximum atomic E-state index is 13.2. The maximum absolute atomic E-state index is 13.2. The maximum Gasteiger partial charge on any atom is 0.325 e. The highest BCUT2D eigenvalue weighted by Crippen LogP contribution is 2.39. The van der Waals surface area contributed by atoms with Crippen LogP contribution in [0.4, 0.5) is 4.79 Å². The van der Waals surface area contributed by atoms with E-state index in [1.165, 1.54) is 0 Å². The number of imide groups is 1. The fraction of sp³-hybridized carbons (Fsp3) is 0.318. The molecule has 1 spiro atoms. The zero-order chi connectivity index (χ0) is 21.1. The molecule has 0 saturated carbocycles. The number of urea groups is 1. The lowest BCUT2D eigenvalue weighted by Crippen LogP contribution is -2.47. The van der Waals surface area contributed by atoms with Gasteiger partial charge in [0.15, 0.2) is 0 Å². The van der Waals surface area contributed by atoms with Gasteiger partial charge in [0.05, 0.1) is 6.54 Å². The molecule has 7 nitrogen and oxygen atoms in total. The summed E-state index contributed by atoms with van der Waals surface area (Å²) < 4.78 is 5.52. The summed E-state index contributed by atoms with van der Waals surface area (Å²) in [5, 5.41) is 6.08. The summed E-state index contributed by atoms with van der Waals surface area (Å²) in [6.07, 6.45) is 2.19. The number of nitrogens with zero attached hydrogens (tertiary/aromatic N) is 1. The Balaban J connectivity index is 1.34. The third-order valence-corrected chi connectivity index (χ3v) is 5.68. The lowest BCUT2D eigenvalue weighted by molar-refractivity contribution is -0.135. The van der Waals surface area contributed by atoms with Crippen molar-refractivity contribution in [1.82, 2.24) is 15.5 Å². The van der Waals surface area contributed by atoms with E-state index in [0.717, 1.165) is 28.9 Å². The number of benzene rings is 2. The predicted molar refractivity (Wildman–Crippen MR) is 111 cm³/mol. The first-order valence-corrected chi connectivity index (χ1v) is 10.2. The Bertz CT molecular complexity index is 996. The first-order valence-electron chi connectivity index (χ1n) is 9.87. The first kappa shape index (κ1) is 20.2. The molecule has 4 rings (SSSR count). The number of fused-ring (bicyclic) bond motifs is 2. The topological polar surface area (TPSA) is 87.7 Å². The van der Waals surface area contributed by atoms with E-state index in [-0.39, 0.29) is 25.6 Å². The van der Waals surface area contributed by atoms with Crippen LogP contribution in [0, 0.1) is 0 Å². The molecule has 1 heterocycles. The number of aryl methyl sites for hydroxylation is 1. The monoisotopic (exact) mass is 427 g/mol. The molecule has 2 aromatic carbocycles. The molecule has 1 saturated heterocycles. The number of nitrogens with one attached hydrogen (secondary N) is 2. The van der Waals surface area contributed by atoms with Crippen molar-refractivity contribution in [2.24, 2.45) is 0 Å². The van der Waals surface area contributed by atoms with Gasteiger partial charge in [0.25, 0.3) is 5.91 Å². The standard InChI is InChI=1S/C22H22ClN3O4/c23-16-7-3-8-17(13-16)30-12-11-24-19(27)14-26-20(28)22(25-21(26)29)10-4-6-15-5-1-2-9-18(15)22/h1-3,5,7-9,13H,4,6,10-12,14H2,(H,24,27)(H,25,29). The Morgan fingerprint density at radius 1 is 1.20 bits per heavy atom. The quantitative estimate of drug-likeness (QED) is 0.548. The van der Waals surface area contributed by atoms with Crippen LogP contribution in [0.25, 0.3) is 0 Å². The average molecular weight is 428 g/mol. The summed E-state index contributed by atoms with van der Waals surface area (Å²) in [4.78, 5) is 39.0. The lowest BCUT2D eigenvalue weighted by atomic mass is 9.76. The van der Waals surface area contributed by atoms with Crippen molar-refractivity contribution in [3.63, 3.8) is 0 Å². The van der Waals surface area contributed by atoms with E-state index in [4.69, 9.17) is 16.3 Å². The smallest absolute Gasteiger partial charge is 0.325 e. The number of carbonyl (C=O) groups is 3. The summed E-state index contributed by atoms with van der Waals surface area (Å²) in [5.41, 5.74) is 0.816. The number of halogens is 1.